The maximum Gasteiger partial charge on any atom is 0.255 e. The molecule has 0 radical (unpaired) electrons. The second-order valence-corrected chi connectivity index (χ2v) is 4.98. The van der Waals surface area contributed by atoms with E-state index in [-0.39, 0.29) is 29.0 Å². The summed E-state index contributed by atoms with van der Waals surface area (Å²) in [6.45, 7) is 1.99. The van der Waals surface area contributed by atoms with Crippen LogP contribution in [-0.2, 0) is 0 Å². The third-order valence-corrected chi connectivity index (χ3v) is 3.73. The summed E-state index contributed by atoms with van der Waals surface area (Å²) < 4.78 is 0. The number of rotatable bonds is 3. The van der Waals surface area contributed by atoms with Gasteiger partial charge in [-0.1, -0.05) is 18.9 Å². The van der Waals surface area contributed by atoms with Crippen molar-refractivity contribution in [3.8, 4) is 11.5 Å². The van der Waals surface area contributed by atoms with E-state index in [0.717, 1.165) is 12.8 Å². The molecule has 1 amide bonds. The molecule has 1 saturated carbocycles. The van der Waals surface area contributed by atoms with Crippen LogP contribution in [0.4, 0.5) is 0 Å². The van der Waals surface area contributed by atoms with E-state index < -0.39 is 0 Å². The zero-order valence-electron chi connectivity index (χ0n) is 10.5. The van der Waals surface area contributed by atoms with Gasteiger partial charge in [-0.3, -0.25) is 4.79 Å². The lowest BCUT2D eigenvalue weighted by molar-refractivity contribution is 0.0924. The third-order valence-electron chi connectivity index (χ3n) is 3.73. The number of phenolic OH excluding ortho intramolecular Hbond substituents is 2. The van der Waals surface area contributed by atoms with Crippen molar-refractivity contribution in [3.05, 3.63) is 23.8 Å². The van der Waals surface area contributed by atoms with E-state index in [2.05, 4.69) is 5.32 Å². The molecule has 0 saturated heterocycles. The number of phenols is 2. The van der Waals surface area contributed by atoms with Crippen LogP contribution in [0.15, 0.2) is 18.2 Å². The first kappa shape index (κ1) is 12.7. The van der Waals surface area contributed by atoms with E-state index >= 15 is 0 Å². The molecular formula is C14H19NO3. The minimum atomic E-state index is -0.353. The minimum Gasteiger partial charge on any atom is -0.504 e. The lowest BCUT2D eigenvalue weighted by atomic mass is 9.99. The van der Waals surface area contributed by atoms with Gasteiger partial charge in [0.05, 0.1) is 5.56 Å². The molecule has 1 aromatic rings. The summed E-state index contributed by atoms with van der Waals surface area (Å²) in [5.41, 5.74) is 0.125. The second-order valence-electron chi connectivity index (χ2n) is 4.98. The molecule has 1 atom stereocenters. The summed E-state index contributed by atoms with van der Waals surface area (Å²) >= 11 is 0. The van der Waals surface area contributed by atoms with Crippen LogP contribution in [-0.4, -0.2) is 22.2 Å². The largest absolute Gasteiger partial charge is 0.504 e. The summed E-state index contributed by atoms with van der Waals surface area (Å²) in [6, 6.07) is 4.50. The SMILES string of the molecule is CC(NC(=O)c1cccc(O)c1O)C1CCCC1. The average Bonchev–Trinajstić information content (AvgIpc) is 2.86. The van der Waals surface area contributed by atoms with Crippen molar-refractivity contribution in [3.63, 3.8) is 0 Å². The van der Waals surface area contributed by atoms with Crippen molar-refractivity contribution in [1.29, 1.82) is 0 Å². The van der Waals surface area contributed by atoms with Crippen molar-refractivity contribution in [2.75, 3.05) is 0 Å². The Bertz CT molecular complexity index is 439. The highest BCUT2D eigenvalue weighted by atomic mass is 16.3. The normalized spacial score (nSPS) is 17.6. The van der Waals surface area contributed by atoms with Gasteiger partial charge in [0.1, 0.15) is 0 Å². The highest BCUT2D eigenvalue weighted by Crippen LogP contribution is 2.30. The van der Waals surface area contributed by atoms with Gasteiger partial charge in [-0.2, -0.15) is 0 Å². The van der Waals surface area contributed by atoms with Gasteiger partial charge in [-0.25, -0.2) is 0 Å². The predicted octanol–water partition coefficient (Wildman–Crippen LogP) is 2.41. The molecule has 1 aliphatic rings. The molecule has 1 aliphatic carbocycles. The molecule has 4 nitrogen and oxygen atoms in total. The van der Waals surface area contributed by atoms with Gasteiger partial charge >= 0.3 is 0 Å². The fourth-order valence-corrected chi connectivity index (χ4v) is 2.57. The molecule has 0 aromatic heterocycles. The van der Waals surface area contributed by atoms with Gasteiger partial charge in [0, 0.05) is 6.04 Å². The molecule has 0 bridgehead atoms. The molecular weight excluding hydrogens is 230 g/mol. The molecule has 2 rings (SSSR count). The zero-order valence-corrected chi connectivity index (χ0v) is 10.5. The van der Waals surface area contributed by atoms with Crippen LogP contribution in [0.2, 0.25) is 0 Å². The number of carbonyl (C=O) groups is 1. The Hall–Kier alpha value is -1.71. The van der Waals surface area contributed by atoms with Crippen LogP contribution in [0.25, 0.3) is 0 Å². The van der Waals surface area contributed by atoms with Gasteiger partial charge < -0.3 is 15.5 Å². The van der Waals surface area contributed by atoms with Crippen molar-refractivity contribution in [2.24, 2.45) is 5.92 Å². The number of hydrogen-bond donors (Lipinski definition) is 3. The van der Waals surface area contributed by atoms with Gasteiger partial charge in [0.15, 0.2) is 11.5 Å². The zero-order chi connectivity index (χ0) is 13.1. The molecule has 1 fully saturated rings. The maximum absolute atomic E-state index is 12.0. The highest BCUT2D eigenvalue weighted by molar-refractivity contribution is 5.97. The first-order valence-corrected chi connectivity index (χ1v) is 6.41. The Kier molecular flexibility index (Phi) is 3.75. The quantitative estimate of drug-likeness (QED) is 0.720. The van der Waals surface area contributed by atoms with Gasteiger partial charge in [-0.05, 0) is 37.8 Å². The molecule has 1 unspecified atom stereocenters. The Morgan fingerprint density at radius 3 is 2.67 bits per heavy atom. The number of amides is 1. The molecule has 98 valence electrons. The molecule has 3 N–H and O–H groups in total. The van der Waals surface area contributed by atoms with Crippen LogP contribution in [0.5, 0.6) is 11.5 Å². The average molecular weight is 249 g/mol. The minimum absolute atomic E-state index is 0.0988. The Morgan fingerprint density at radius 2 is 2.00 bits per heavy atom. The van der Waals surface area contributed by atoms with Crippen molar-refractivity contribution in [2.45, 2.75) is 38.6 Å². The standard InChI is InChI=1S/C14H19NO3/c1-9(10-5-2-3-6-10)15-14(18)11-7-4-8-12(16)13(11)17/h4,7-10,16-17H,2-3,5-6H2,1H3,(H,15,18). The van der Waals surface area contributed by atoms with Crippen LogP contribution < -0.4 is 5.32 Å². The Balaban J connectivity index is 2.05. The number of hydrogen-bond acceptors (Lipinski definition) is 3. The first-order chi connectivity index (χ1) is 8.59. The van der Waals surface area contributed by atoms with Crippen LogP contribution >= 0.6 is 0 Å². The van der Waals surface area contributed by atoms with E-state index in [1.165, 1.54) is 25.0 Å². The summed E-state index contributed by atoms with van der Waals surface area (Å²) in [6.07, 6.45) is 4.74. The molecule has 0 heterocycles. The smallest absolute Gasteiger partial charge is 0.255 e. The summed E-state index contributed by atoms with van der Waals surface area (Å²) in [7, 11) is 0. The van der Waals surface area contributed by atoms with Crippen molar-refractivity contribution < 1.29 is 15.0 Å². The number of aromatic hydroxyl groups is 2. The molecule has 4 heteroatoms. The van der Waals surface area contributed by atoms with E-state index in [4.69, 9.17) is 0 Å². The van der Waals surface area contributed by atoms with E-state index in [1.807, 2.05) is 6.92 Å². The van der Waals surface area contributed by atoms with E-state index in [1.54, 1.807) is 6.07 Å². The third kappa shape index (κ3) is 2.58. The van der Waals surface area contributed by atoms with E-state index in [9.17, 15) is 15.0 Å². The fourth-order valence-electron chi connectivity index (χ4n) is 2.57. The lowest BCUT2D eigenvalue weighted by Crippen LogP contribution is -2.37. The lowest BCUT2D eigenvalue weighted by Gasteiger charge is -2.20. The summed E-state index contributed by atoms with van der Waals surface area (Å²) in [5.74, 6) is -0.430. The number of nitrogens with one attached hydrogen (secondary N) is 1. The van der Waals surface area contributed by atoms with Crippen LogP contribution in [0.1, 0.15) is 43.0 Å². The monoisotopic (exact) mass is 249 g/mol. The second kappa shape index (κ2) is 5.29. The fraction of sp³-hybridized carbons (Fsp3) is 0.500. The number of benzene rings is 1. The molecule has 18 heavy (non-hydrogen) atoms. The number of para-hydroxylation sites is 1. The van der Waals surface area contributed by atoms with Gasteiger partial charge in [-0.15, -0.1) is 0 Å². The van der Waals surface area contributed by atoms with Crippen LogP contribution in [0.3, 0.4) is 0 Å². The maximum atomic E-state index is 12.0. The predicted molar refractivity (Wildman–Crippen MR) is 68.7 cm³/mol. The molecule has 0 aliphatic heterocycles. The van der Waals surface area contributed by atoms with Crippen molar-refractivity contribution >= 4 is 5.91 Å². The summed E-state index contributed by atoms with van der Waals surface area (Å²) in [4.78, 5) is 12.0. The van der Waals surface area contributed by atoms with Crippen LogP contribution in [0, 0.1) is 5.92 Å². The van der Waals surface area contributed by atoms with Gasteiger partial charge in [0.2, 0.25) is 0 Å². The Morgan fingerprint density at radius 1 is 1.33 bits per heavy atom. The number of carbonyl (C=O) groups excluding carboxylic acids is 1. The highest BCUT2D eigenvalue weighted by Gasteiger charge is 2.24. The van der Waals surface area contributed by atoms with Gasteiger partial charge in [0.25, 0.3) is 5.91 Å². The summed E-state index contributed by atoms with van der Waals surface area (Å²) in [5, 5.41) is 21.9. The molecule has 0 spiro atoms. The Labute approximate surface area is 107 Å². The van der Waals surface area contributed by atoms with E-state index in [0.29, 0.717) is 5.92 Å². The first-order valence-electron chi connectivity index (χ1n) is 6.41. The molecule has 1 aromatic carbocycles. The topological polar surface area (TPSA) is 69.6 Å². The van der Waals surface area contributed by atoms with Crippen molar-refractivity contribution in [1.82, 2.24) is 5.32 Å².